The molecule has 0 radical (unpaired) electrons. The van der Waals surface area contributed by atoms with Gasteiger partial charge in [0, 0.05) is 24.0 Å². The van der Waals surface area contributed by atoms with E-state index in [0.717, 1.165) is 12.1 Å². The Hall–Kier alpha value is -3.55. The largest absolute Gasteiger partial charge is 0.417 e. The Morgan fingerprint density at radius 2 is 1.97 bits per heavy atom. The lowest BCUT2D eigenvalue weighted by molar-refractivity contribution is -0.137. The zero-order valence-electron chi connectivity index (χ0n) is 17.2. The number of carbonyl (C=O) groups excluding carboxylic acids is 1. The third kappa shape index (κ3) is 4.25. The Labute approximate surface area is 191 Å². The van der Waals surface area contributed by atoms with E-state index in [-0.39, 0.29) is 36.4 Å². The number of nitrogens with zero attached hydrogens (tertiary/aromatic N) is 4. The molecule has 0 aliphatic carbocycles. The number of aliphatic hydroxyl groups is 1. The minimum absolute atomic E-state index is 0.193. The van der Waals surface area contributed by atoms with Gasteiger partial charge in [-0.3, -0.25) is 9.48 Å². The Balaban J connectivity index is 1.71. The Morgan fingerprint density at radius 3 is 2.64 bits per heavy atom. The molecule has 0 saturated heterocycles. The fourth-order valence-electron chi connectivity index (χ4n) is 3.57. The first-order valence-electron chi connectivity index (χ1n) is 9.73. The molecular weight excluding hydrogens is 459 g/mol. The van der Waals surface area contributed by atoms with Gasteiger partial charge in [0.2, 0.25) is 0 Å². The number of rotatable bonds is 2. The van der Waals surface area contributed by atoms with Crippen LogP contribution in [0.1, 0.15) is 45.7 Å². The summed E-state index contributed by atoms with van der Waals surface area (Å²) in [5.74, 6) is 5.52. The quantitative estimate of drug-likeness (QED) is 0.551. The maximum absolute atomic E-state index is 13.3. The van der Waals surface area contributed by atoms with Crippen molar-refractivity contribution in [2.75, 3.05) is 17.2 Å². The van der Waals surface area contributed by atoms with E-state index in [4.69, 9.17) is 17.3 Å². The van der Waals surface area contributed by atoms with Gasteiger partial charge in [-0.1, -0.05) is 23.4 Å². The van der Waals surface area contributed by atoms with Gasteiger partial charge < -0.3 is 15.7 Å². The number of carbonyl (C=O) groups is 1. The molecule has 3 N–H and O–H groups in total. The molecule has 1 aliphatic heterocycles. The lowest BCUT2D eigenvalue weighted by atomic mass is 10.1. The second-order valence-electron chi connectivity index (χ2n) is 7.45. The fourth-order valence-corrected chi connectivity index (χ4v) is 3.85. The van der Waals surface area contributed by atoms with Crippen LogP contribution >= 0.6 is 11.6 Å². The van der Waals surface area contributed by atoms with Crippen LogP contribution in [0.15, 0.2) is 36.7 Å². The van der Waals surface area contributed by atoms with Gasteiger partial charge in [0.25, 0.3) is 5.91 Å². The first-order valence-corrected chi connectivity index (χ1v) is 10.1. The van der Waals surface area contributed by atoms with Crippen LogP contribution in [-0.2, 0) is 12.8 Å². The molecule has 0 bridgehead atoms. The Morgan fingerprint density at radius 1 is 1.24 bits per heavy atom. The van der Waals surface area contributed by atoms with E-state index in [1.165, 1.54) is 34.1 Å². The first-order chi connectivity index (χ1) is 15.6. The topological polar surface area (TPSA) is 97.3 Å². The lowest BCUT2D eigenvalue weighted by Crippen LogP contribution is -2.43. The molecule has 0 fully saturated rings. The Bertz CT molecular complexity index is 1310. The van der Waals surface area contributed by atoms with E-state index in [9.17, 15) is 23.1 Å². The SMILES string of the molecule is C[C@H]1CN(c2ccc(C(F)(F)F)c(Cl)c2)C(=O)c2c(C#Cc3cnc(N)cc3CO)cnn21. The maximum atomic E-state index is 13.3. The van der Waals surface area contributed by atoms with E-state index < -0.39 is 22.7 Å². The molecule has 2 aromatic heterocycles. The maximum Gasteiger partial charge on any atom is 0.417 e. The molecule has 1 atom stereocenters. The molecule has 1 amide bonds. The number of halogens is 4. The molecule has 170 valence electrons. The highest BCUT2D eigenvalue weighted by Gasteiger charge is 2.36. The van der Waals surface area contributed by atoms with E-state index in [2.05, 4.69) is 21.9 Å². The smallest absolute Gasteiger partial charge is 0.392 e. The van der Waals surface area contributed by atoms with Crippen LogP contribution in [0, 0.1) is 11.8 Å². The van der Waals surface area contributed by atoms with Crippen molar-refractivity contribution in [2.45, 2.75) is 25.7 Å². The molecule has 7 nitrogen and oxygen atoms in total. The van der Waals surface area contributed by atoms with Gasteiger partial charge in [-0.2, -0.15) is 18.3 Å². The molecule has 0 unspecified atom stereocenters. The van der Waals surface area contributed by atoms with Crippen LogP contribution in [0.25, 0.3) is 0 Å². The summed E-state index contributed by atoms with van der Waals surface area (Å²) in [5, 5.41) is 13.3. The minimum Gasteiger partial charge on any atom is -0.392 e. The lowest BCUT2D eigenvalue weighted by Gasteiger charge is -2.32. The molecule has 0 spiro atoms. The summed E-state index contributed by atoms with van der Waals surface area (Å²) in [6.45, 7) is 1.73. The van der Waals surface area contributed by atoms with Crippen molar-refractivity contribution in [1.82, 2.24) is 14.8 Å². The number of pyridine rings is 1. The van der Waals surface area contributed by atoms with Crippen molar-refractivity contribution >= 4 is 29.0 Å². The third-order valence-corrected chi connectivity index (χ3v) is 5.50. The summed E-state index contributed by atoms with van der Waals surface area (Å²) in [5.41, 5.74) is 6.34. The summed E-state index contributed by atoms with van der Waals surface area (Å²) < 4.78 is 40.7. The minimum atomic E-state index is -4.60. The number of anilines is 2. The van der Waals surface area contributed by atoms with Crippen molar-refractivity contribution in [3.8, 4) is 11.8 Å². The zero-order valence-corrected chi connectivity index (χ0v) is 17.9. The predicted octanol–water partition coefficient (Wildman–Crippen LogP) is 3.65. The number of benzene rings is 1. The summed E-state index contributed by atoms with van der Waals surface area (Å²) in [7, 11) is 0. The van der Waals surface area contributed by atoms with Gasteiger partial charge in [0.15, 0.2) is 0 Å². The summed E-state index contributed by atoms with van der Waals surface area (Å²) >= 11 is 5.85. The van der Waals surface area contributed by atoms with Gasteiger partial charge in [-0.05, 0) is 36.8 Å². The third-order valence-electron chi connectivity index (χ3n) is 5.19. The molecule has 4 rings (SSSR count). The van der Waals surface area contributed by atoms with Gasteiger partial charge in [0.05, 0.1) is 35.0 Å². The van der Waals surface area contributed by atoms with E-state index >= 15 is 0 Å². The number of nitrogen functional groups attached to an aromatic ring is 1. The number of aromatic nitrogens is 3. The van der Waals surface area contributed by atoms with Crippen LogP contribution in [0.4, 0.5) is 24.7 Å². The van der Waals surface area contributed by atoms with Crippen molar-refractivity contribution in [1.29, 1.82) is 0 Å². The molecule has 3 heterocycles. The van der Waals surface area contributed by atoms with Gasteiger partial charge in [-0.25, -0.2) is 4.98 Å². The fraction of sp³-hybridized carbons (Fsp3) is 0.227. The van der Waals surface area contributed by atoms with E-state index in [1.54, 1.807) is 0 Å². The van der Waals surface area contributed by atoms with Crippen molar-refractivity contribution in [3.05, 3.63) is 69.6 Å². The monoisotopic (exact) mass is 475 g/mol. The second-order valence-corrected chi connectivity index (χ2v) is 7.86. The molecule has 33 heavy (non-hydrogen) atoms. The predicted molar refractivity (Wildman–Crippen MR) is 116 cm³/mol. The first kappa shape index (κ1) is 22.6. The molecule has 11 heteroatoms. The normalized spacial score (nSPS) is 15.8. The average molecular weight is 476 g/mol. The highest BCUT2D eigenvalue weighted by atomic mass is 35.5. The number of amides is 1. The molecular formula is C22H17ClF3N5O2. The number of nitrogens with two attached hydrogens (primary N) is 1. The van der Waals surface area contributed by atoms with Crippen LogP contribution in [0.5, 0.6) is 0 Å². The molecule has 0 saturated carbocycles. The van der Waals surface area contributed by atoms with Crippen molar-refractivity contribution in [3.63, 3.8) is 0 Å². The van der Waals surface area contributed by atoms with E-state index in [0.29, 0.717) is 16.7 Å². The van der Waals surface area contributed by atoms with Crippen molar-refractivity contribution < 1.29 is 23.1 Å². The van der Waals surface area contributed by atoms with Crippen molar-refractivity contribution in [2.24, 2.45) is 0 Å². The number of fused-ring (bicyclic) bond motifs is 1. The van der Waals surface area contributed by atoms with Gasteiger partial charge in [0.1, 0.15) is 11.5 Å². The molecule has 3 aromatic rings. The zero-order chi connectivity index (χ0) is 23.9. The van der Waals surface area contributed by atoms with E-state index in [1.807, 2.05) is 6.92 Å². The average Bonchev–Trinajstić information content (AvgIpc) is 3.19. The summed E-state index contributed by atoms with van der Waals surface area (Å²) in [4.78, 5) is 18.6. The van der Waals surface area contributed by atoms with Crippen LogP contribution in [0.2, 0.25) is 5.02 Å². The Kier molecular flexibility index (Phi) is 5.78. The molecule has 1 aromatic carbocycles. The summed E-state index contributed by atoms with van der Waals surface area (Å²) in [6.07, 6.45) is -1.73. The summed E-state index contributed by atoms with van der Waals surface area (Å²) in [6, 6.07) is 4.43. The number of alkyl halides is 3. The highest BCUT2D eigenvalue weighted by Crippen LogP contribution is 2.37. The molecule has 1 aliphatic rings. The number of hydrogen-bond acceptors (Lipinski definition) is 5. The number of hydrogen-bond donors (Lipinski definition) is 2. The highest BCUT2D eigenvalue weighted by molar-refractivity contribution is 6.31. The van der Waals surface area contributed by atoms with Crippen LogP contribution in [-0.4, -0.2) is 32.3 Å². The van der Waals surface area contributed by atoms with Gasteiger partial charge >= 0.3 is 6.18 Å². The standard InChI is InChI=1S/C22H17ClF3N5O2/c1-12-10-30(16-4-5-17(18(23)7-16)22(24,25)26)21(33)20-14(9-29-31(12)20)3-2-13-8-28-19(27)6-15(13)11-32/h4-9,12,32H,10-11H2,1H3,(H2,27,28)/t12-/m0/s1. The van der Waals surface area contributed by atoms with Gasteiger partial charge in [-0.15, -0.1) is 0 Å². The number of aliphatic hydroxyl groups excluding tert-OH is 1. The van der Waals surface area contributed by atoms with Crippen LogP contribution in [0.3, 0.4) is 0 Å². The van der Waals surface area contributed by atoms with Crippen LogP contribution < -0.4 is 10.6 Å². The second kappa shape index (κ2) is 8.42.